The summed E-state index contributed by atoms with van der Waals surface area (Å²) in [4.78, 5) is 14.0. The van der Waals surface area contributed by atoms with E-state index in [2.05, 4.69) is 0 Å². The third kappa shape index (κ3) is 4.35. The van der Waals surface area contributed by atoms with Crippen LogP contribution in [-0.4, -0.2) is 48.7 Å². The molecule has 1 unspecified atom stereocenters. The van der Waals surface area contributed by atoms with Crippen LogP contribution in [0.1, 0.15) is 46.5 Å². The molecular weight excluding hydrogens is 246 g/mol. The van der Waals surface area contributed by atoms with Crippen molar-refractivity contribution in [1.82, 2.24) is 4.90 Å². The number of amides is 1. The summed E-state index contributed by atoms with van der Waals surface area (Å²) in [6.07, 6.45) is 3.60. The van der Waals surface area contributed by atoms with Gasteiger partial charge in [-0.1, -0.05) is 0 Å². The fourth-order valence-electron chi connectivity index (χ4n) is 2.60. The molecule has 5 nitrogen and oxygen atoms in total. The van der Waals surface area contributed by atoms with Crippen LogP contribution in [0.25, 0.3) is 0 Å². The Bertz CT molecular complexity index is 307. The first-order valence-electron chi connectivity index (χ1n) is 7.18. The number of carbonyl (C=O) groups is 1. The van der Waals surface area contributed by atoms with Gasteiger partial charge in [0.25, 0.3) is 0 Å². The van der Waals surface area contributed by atoms with Crippen molar-refractivity contribution in [3.8, 4) is 0 Å². The minimum atomic E-state index is -0.429. The average Bonchev–Trinajstić information content (AvgIpc) is 2.95. The van der Waals surface area contributed by atoms with E-state index in [0.717, 1.165) is 32.2 Å². The number of likely N-dealkylation sites (tertiary alicyclic amines) is 1. The average molecular weight is 271 g/mol. The SMILES string of the molecule is CC(C)(C)OC(=O)N1CCCC1CCC1OCCO1. The zero-order chi connectivity index (χ0) is 13.9. The first-order chi connectivity index (χ1) is 8.96. The van der Waals surface area contributed by atoms with Crippen LogP contribution in [-0.2, 0) is 14.2 Å². The van der Waals surface area contributed by atoms with Crippen LogP contribution in [0.5, 0.6) is 0 Å². The Morgan fingerprint density at radius 3 is 2.58 bits per heavy atom. The van der Waals surface area contributed by atoms with Gasteiger partial charge in [-0.3, -0.25) is 0 Å². The molecule has 0 radical (unpaired) electrons. The second-order valence-electron chi connectivity index (χ2n) is 6.22. The number of hydrogen-bond acceptors (Lipinski definition) is 4. The zero-order valence-corrected chi connectivity index (χ0v) is 12.2. The molecule has 19 heavy (non-hydrogen) atoms. The topological polar surface area (TPSA) is 48.0 Å². The highest BCUT2D eigenvalue weighted by atomic mass is 16.7. The molecule has 2 aliphatic heterocycles. The smallest absolute Gasteiger partial charge is 0.410 e. The molecule has 2 saturated heterocycles. The largest absolute Gasteiger partial charge is 0.444 e. The second-order valence-corrected chi connectivity index (χ2v) is 6.22. The van der Waals surface area contributed by atoms with Gasteiger partial charge in [0, 0.05) is 19.0 Å². The Kier molecular flexibility index (Phi) is 4.68. The van der Waals surface area contributed by atoms with Gasteiger partial charge in [-0.2, -0.15) is 0 Å². The minimum absolute atomic E-state index is 0.0823. The predicted molar refractivity (Wildman–Crippen MR) is 70.9 cm³/mol. The molecule has 2 aliphatic rings. The van der Waals surface area contributed by atoms with Gasteiger partial charge < -0.3 is 19.1 Å². The molecule has 2 fully saturated rings. The van der Waals surface area contributed by atoms with Crippen LogP contribution in [0, 0.1) is 0 Å². The van der Waals surface area contributed by atoms with Crippen molar-refractivity contribution in [1.29, 1.82) is 0 Å². The summed E-state index contributed by atoms with van der Waals surface area (Å²) in [5.41, 5.74) is -0.429. The van der Waals surface area contributed by atoms with Gasteiger partial charge in [0.05, 0.1) is 13.2 Å². The summed E-state index contributed by atoms with van der Waals surface area (Å²) in [5.74, 6) is 0. The molecule has 0 aromatic rings. The number of nitrogens with zero attached hydrogens (tertiary/aromatic N) is 1. The third-order valence-corrected chi connectivity index (χ3v) is 3.43. The maximum absolute atomic E-state index is 12.1. The van der Waals surface area contributed by atoms with Crippen molar-refractivity contribution in [3.05, 3.63) is 0 Å². The summed E-state index contributed by atoms with van der Waals surface area (Å²) >= 11 is 0. The second kappa shape index (κ2) is 6.09. The van der Waals surface area contributed by atoms with E-state index in [1.54, 1.807) is 0 Å². The Labute approximate surface area is 115 Å². The van der Waals surface area contributed by atoms with Crippen LogP contribution in [0.2, 0.25) is 0 Å². The van der Waals surface area contributed by atoms with E-state index in [0.29, 0.717) is 13.2 Å². The van der Waals surface area contributed by atoms with E-state index in [-0.39, 0.29) is 18.4 Å². The monoisotopic (exact) mass is 271 g/mol. The molecule has 0 spiro atoms. The van der Waals surface area contributed by atoms with E-state index >= 15 is 0 Å². The first kappa shape index (κ1) is 14.6. The Morgan fingerprint density at radius 1 is 1.26 bits per heavy atom. The van der Waals surface area contributed by atoms with Crippen molar-refractivity contribution in [2.24, 2.45) is 0 Å². The standard InChI is InChI=1S/C14H25NO4/c1-14(2,3)19-13(16)15-8-4-5-11(15)6-7-12-17-9-10-18-12/h11-12H,4-10H2,1-3H3. The molecule has 5 heteroatoms. The quantitative estimate of drug-likeness (QED) is 0.791. The lowest BCUT2D eigenvalue weighted by molar-refractivity contribution is -0.0514. The van der Waals surface area contributed by atoms with Crippen LogP contribution in [0.3, 0.4) is 0 Å². The maximum atomic E-state index is 12.1. The number of ether oxygens (including phenoxy) is 3. The number of rotatable bonds is 3. The van der Waals surface area contributed by atoms with E-state index in [1.807, 2.05) is 25.7 Å². The van der Waals surface area contributed by atoms with Crippen molar-refractivity contribution in [3.63, 3.8) is 0 Å². The molecule has 0 N–H and O–H groups in total. The lowest BCUT2D eigenvalue weighted by Crippen LogP contribution is -2.40. The van der Waals surface area contributed by atoms with E-state index in [1.165, 1.54) is 0 Å². The molecule has 1 amide bonds. The number of carbonyl (C=O) groups excluding carboxylic acids is 1. The van der Waals surface area contributed by atoms with Gasteiger partial charge in [-0.15, -0.1) is 0 Å². The molecule has 0 aliphatic carbocycles. The maximum Gasteiger partial charge on any atom is 0.410 e. The summed E-state index contributed by atoms with van der Waals surface area (Å²) in [6, 6.07) is 0.266. The molecule has 1 atom stereocenters. The molecule has 0 aromatic carbocycles. The minimum Gasteiger partial charge on any atom is -0.444 e. The zero-order valence-electron chi connectivity index (χ0n) is 12.2. The molecule has 2 heterocycles. The normalized spacial score (nSPS) is 25.0. The van der Waals surface area contributed by atoms with Gasteiger partial charge in [-0.05, 0) is 40.0 Å². The van der Waals surface area contributed by atoms with Gasteiger partial charge in [-0.25, -0.2) is 4.79 Å². The van der Waals surface area contributed by atoms with E-state index < -0.39 is 5.60 Å². The molecule has 0 saturated carbocycles. The summed E-state index contributed by atoms with van der Waals surface area (Å²) < 4.78 is 16.3. The van der Waals surface area contributed by atoms with Crippen molar-refractivity contribution in [2.45, 2.75) is 64.4 Å². The molecule has 0 bridgehead atoms. The molecular formula is C14H25NO4. The van der Waals surface area contributed by atoms with E-state index in [4.69, 9.17) is 14.2 Å². The van der Waals surface area contributed by atoms with E-state index in [9.17, 15) is 4.79 Å². The Hall–Kier alpha value is -0.810. The van der Waals surface area contributed by atoms with Crippen molar-refractivity contribution >= 4 is 6.09 Å². The first-order valence-corrected chi connectivity index (χ1v) is 7.18. The van der Waals surface area contributed by atoms with Gasteiger partial charge in [0.15, 0.2) is 6.29 Å². The Balaban J connectivity index is 1.80. The van der Waals surface area contributed by atoms with Crippen molar-refractivity contribution < 1.29 is 19.0 Å². The van der Waals surface area contributed by atoms with Gasteiger partial charge in [0.1, 0.15) is 5.60 Å². The van der Waals surface area contributed by atoms with Crippen LogP contribution in [0.15, 0.2) is 0 Å². The fraction of sp³-hybridized carbons (Fsp3) is 0.929. The van der Waals surface area contributed by atoms with Crippen molar-refractivity contribution in [2.75, 3.05) is 19.8 Å². The summed E-state index contributed by atoms with van der Waals surface area (Å²) in [7, 11) is 0. The molecule has 0 aromatic heterocycles. The Morgan fingerprint density at radius 2 is 1.95 bits per heavy atom. The van der Waals surface area contributed by atoms with Crippen LogP contribution in [0.4, 0.5) is 4.79 Å². The molecule has 110 valence electrons. The van der Waals surface area contributed by atoms with Gasteiger partial charge in [0.2, 0.25) is 0 Å². The lowest BCUT2D eigenvalue weighted by Gasteiger charge is -2.29. The highest BCUT2D eigenvalue weighted by Crippen LogP contribution is 2.25. The fourth-order valence-corrected chi connectivity index (χ4v) is 2.60. The third-order valence-electron chi connectivity index (χ3n) is 3.43. The summed E-state index contributed by atoms with van der Waals surface area (Å²) in [5, 5.41) is 0. The molecule has 2 rings (SSSR count). The lowest BCUT2D eigenvalue weighted by atomic mass is 10.1. The highest BCUT2D eigenvalue weighted by Gasteiger charge is 2.32. The van der Waals surface area contributed by atoms with Gasteiger partial charge >= 0.3 is 6.09 Å². The summed E-state index contributed by atoms with van der Waals surface area (Å²) in [6.45, 7) is 7.87. The van der Waals surface area contributed by atoms with Crippen LogP contribution < -0.4 is 0 Å². The van der Waals surface area contributed by atoms with Crippen LogP contribution >= 0.6 is 0 Å². The highest BCUT2D eigenvalue weighted by molar-refractivity contribution is 5.68. The number of hydrogen-bond donors (Lipinski definition) is 0. The predicted octanol–water partition coefficient (Wildman–Crippen LogP) is 2.54.